The van der Waals surface area contributed by atoms with Crippen LogP contribution in [0, 0.1) is 0 Å². The number of barbiturate groups is 1. The molecule has 1 fully saturated rings. The van der Waals surface area contributed by atoms with Gasteiger partial charge in [0, 0.05) is 5.02 Å². The molecule has 0 atom stereocenters. The number of amides is 4. The lowest BCUT2D eigenvalue weighted by Gasteiger charge is -2.16. The fourth-order valence-electron chi connectivity index (χ4n) is 2.63. The van der Waals surface area contributed by atoms with Gasteiger partial charge in [0.1, 0.15) is 12.2 Å². The molecule has 0 saturated carbocycles. The molecule has 0 aromatic heterocycles. The van der Waals surface area contributed by atoms with E-state index in [2.05, 4.69) is 15.9 Å². The van der Waals surface area contributed by atoms with Crippen LogP contribution >= 0.6 is 27.5 Å². The summed E-state index contributed by atoms with van der Waals surface area (Å²) in [5.74, 6) is -0.631. The second-order valence-electron chi connectivity index (χ2n) is 5.98. The Kier molecular flexibility index (Phi) is 6.56. The molecule has 29 heavy (non-hydrogen) atoms. The first kappa shape index (κ1) is 20.9. The normalized spacial score (nSPS) is 13.6. The summed E-state index contributed by atoms with van der Waals surface area (Å²) in [6, 6.07) is 9.78. The van der Waals surface area contributed by atoms with Crippen LogP contribution < -0.4 is 20.1 Å². The van der Waals surface area contributed by atoms with E-state index in [-0.39, 0.29) is 12.2 Å². The maximum Gasteiger partial charge on any atom is 0.328 e. The minimum Gasteiger partial charge on any atom is -0.490 e. The molecule has 0 spiro atoms. The predicted molar refractivity (Wildman–Crippen MR) is 111 cm³/mol. The zero-order valence-electron chi connectivity index (χ0n) is 15.3. The number of nitrogens with one attached hydrogen (secondary N) is 2. The summed E-state index contributed by atoms with van der Waals surface area (Å²) >= 11 is 9.45. The molecular formula is C20H16BrClN2O5. The first-order chi connectivity index (χ1) is 13.9. The number of carbonyl (C=O) groups excluding carboxylic acids is 3. The van der Waals surface area contributed by atoms with Crippen LogP contribution in [0.1, 0.15) is 18.1 Å². The predicted octanol–water partition coefficient (Wildman–Crippen LogP) is 3.83. The summed E-state index contributed by atoms with van der Waals surface area (Å²) in [6.45, 7) is 2.48. The van der Waals surface area contributed by atoms with Crippen LogP contribution in [0.25, 0.3) is 6.08 Å². The molecular weight excluding hydrogens is 464 g/mol. The minimum absolute atomic E-state index is 0.188. The number of imide groups is 2. The molecule has 150 valence electrons. The van der Waals surface area contributed by atoms with Gasteiger partial charge < -0.3 is 9.47 Å². The van der Waals surface area contributed by atoms with Crippen molar-refractivity contribution in [1.29, 1.82) is 0 Å². The average molecular weight is 480 g/mol. The van der Waals surface area contributed by atoms with Crippen LogP contribution in [0.2, 0.25) is 5.02 Å². The number of hydrogen-bond acceptors (Lipinski definition) is 5. The topological polar surface area (TPSA) is 93.7 Å². The highest BCUT2D eigenvalue weighted by Gasteiger charge is 2.28. The minimum atomic E-state index is -0.849. The van der Waals surface area contributed by atoms with E-state index in [1.165, 1.54) is 6.08 Å². The molecule has 0 aliphatic carbocycles. The Bertz CT molecular complexity index is 1000. The highest BCUT2D eigenvalue weighted by Crippen LogP contribution is 2.38. The van der Waals surface area contributed by atoms with Gasteiger partial charge in [-0.3, -0.25) is 20.2 Å². The molecule has 2 aromatic rings. The molecule has 2 N–H and O–H groups in total. The number of carbonyl (C=O) groups is 3. The van der Waals surface area contributed by atoms with Gasteiger partial charge in [0.2, 0.25) is 0 Å². The van der Waals surface area contributed by atoms with E-state index in [1.54, 1.807) is 24.3 Å². The van der Waals surface area contributed by atoms with E-state index in [0.717, 1.165) is 5.56 Å². The maximum absolute atomic E-state index is 11.9. The quantitative estimate of drug-likeness (QED) is 0.485. The molecule has 0 radical (unpaired) electrons. The van der Waals surface area contributed by atoms with Gasteiger partial charge in [-0.15, -0.1) is 0 Å². The lowest BCUT2D eigenvalue weighted by molar-refractivity contribution is -0.123. The van der Waals surface area contributed by atoms with Gasteiger partial charge in [0.15, 0.2) is 11.5 Å². The molecule has 3 rings (SSSR count). The Morgan fingerprint density at radius 2 is 1.79 bits per heavy atom. The summed E-state index contributed by atoms with van der Waals surface area (Å²) in [6.07, 6.45) is 1.37. The van der Waals surface area contributed by atoms with Gasteiger partial charge in [-0.2, -0.15) is 0 Å². The van der Waals surface area contributed by atoms with E-state index >= 15 is 0 Å². The zero-order chi connectivity index (χ0) is 21.0. The molecule has 0 bridgehead atoms. The van der Waals surface area contributed by atoms with Gasteiger partial charge in [-0.25, -0.2) is 4.79 Å². The van der Waals surface area contributed by atoms with Gasteiger partial charge in [-0.05, 0) is 64.3 Å². The first-order valence-corrected chi connectivity index (χ1v) is 9.76. The van der Waals surface area contributed by atoms with Crippen molar-refractivity contribution in [3.63, 3.8) is 0 Å². The maximum atomic E-state index is 11.9. The van der Waals surface area contributed by atoms with Crippen molar-refractivity contribution in [1.82, 2.24) is 10.6 Å². The second kappa shape index (κ2) is 9.11. The molecule has 9 heteroatoms. The van der Waals surface area contributed by atoms with Crippen LogP contribution in [-0.2, 0) is 16.2 Å². The highest BCUT2D eigenvalue weighted by molar-refractivity contribution is 9.10. The number of benzene rings is 2. The Labute approximate surface area is 180 Å². The number of halogens is 2. The van der Waals surface area contributed by atoms with E-state index in [4.69, 9.17) is 21.1 Å². The molecule has 1 heterocycles. The van der Waals surface area contributed by atoms with E-state index < -0.39 is 17.8 Å². The van der Waals surface area contributed by atoms with Crippen molar-refractivity contribution < 1.29 is 23.9 Å². The molecule has 7 nitrogen and oxygen atoms in total. The van der Waals surface area contributed by atoms with Crippen molar-refractivity contribution in [3.8, 4) is 11.5 Å². The average Bonchev–Trinajstić information content (AvgIpc) is 2.64. The molecule has 1 aliphatic rings. The van der Waals surface area contributed by atoms with Crippen molar-refractivity contribution in [2.24, 2.45) is 0 Å². The smallest absolute Gasteiger partial charge is 0.328 e. The largest absolute Gasteiger partial charge is 0.490 e. The Hall–Kier alpha value is -2.84. The Morgan fingerprint density at radius 1 is 1.07 bits per heavy atom. The van der Waals surface area contributed by atoms with Gasteiger partial charge >= 0.3 is 6.03 Å². The second-order valence-corrected chi connectivity index (χ2v) is 7.27. The number of hydrogen-bond donors (Lipinski definition) is 2. The molecule has 1 aliphatic heterocycles. The van der Waals surface area contributed by atoms with Crippen molar-refractivity contribution in [2.45, 2.75) is 13.5 Å². The molecule has 2 aromatic carbocycles. The molecule has 0 unspecified atom stereocenters. The van der Waals surface area contributed by atoms with E-state index in [1.807, 2.05) is 29.7 Å². The first-order valence-electron chi connectivity index (χ1n) is 8.59. The van der Waals surface area contributed by atoms with Crippen molar-refractivity contribution in [2.75, 3.05) is 6.61 Å². The summed E-state index contributed by atoms with van der Waals surface area (Å²) in [5.41, 5.74) is 1.22. The fourth-order valence-corrected chi connectivity index (χ4v) is 3.42. The summed E-state index contributed by atoms with van der Waals surface area (Å²) in [5, 5.41) is 4.68. The Morgan fingerprint density at radius 3 is 2.45 bits per heavy atom. The summed E-state index contributed by atoms with van der Waals surface area (Å²) < 4.78 is 12.1. The van der Waals surface area contributed by atoms with E-state index in [9.17, 15) is 14.4 Å². The lowest BCUT2D eigenvalue weighted by atomic mass is 10.1. The van der Waals surface area contributed by atoms with Gasteiger partial charge in [-0.1, -0.05) is 23.7 Å². The zero-order valence-corrected chi connectivity index (χ0v) is 17.6. The Balaban J connectivity index is 1.90. The van der Waals surface area contributed by atoms with Crippen molar-refractivity contribution in [3.05, 3.63) is 62.6 Å². The van der Waals surface area contributed by atoms with Crippen LogP contribution in [0.4, 0.5) is 4.79 Å². The van der Waals surface area contributed by atoms with Gasteiger partial charge in [0.25, 0.3) is 11.8 Å². The molecule has 4 amide bonds. The van der Waals surface area contributed by atoms with Crippen molar-refractivity contribution >= 4 is 51.5 Å². The lowest BCUT2D eigenvalue weighted by Crippen LogP contribution is -2.51. The van der Waals surface area contributed by atoms with Crippen LogP contribution in [-0.4, -0.2) is 24.5 Å². The molecule has 1 saturated heterocycles. The number of urea groups is 1. The summed E-state index contributed by atoms with van der Waals surface area (Å²) in [4.78, 5) is 35.0. The van der Waals surface area contributed by atoms with E-state index in [0.29, 0.717) is 33.2 Å². The number of rotatable bonds is 6. The third-order valence-corrected chi connectivity index (χ3v) is 4.68. The fraction of sp³-hybridized carbons (Fsp3) is 0.150. The van der Waals surface area contributed by atoms with Crippen LogP contribution in [0.5, 0.6) is 11.5 Å². The highest BCUT2D eigenvalue weighted by atomic mass is 79.9. The monoisotopic (exact) mass is 478 g/mol. The summed E-state index contributed by atoms with van der Waals surface area (Å²) in [7, 11) is 0. The van der Waals surface area contributed by atoms with Gasteiger partial charge in [0.05, 0.1) is 11.1 Å². The number of ether oxygens (including phenoxy) is 2. The third-order valence-electron chi connectivity index (χ3n) is 3.86. The van der Waals surface area contributed by atoms with Crippen LogP contribution in [0.15, 0.2) is 46.4 Å². The standard InChI is InChI=1S/C20H16BrClN2O5/c1-2-28-16-9-12(7-14-18(25)23-20(27)24-19(14)26)8-15(21)17(16)29-10-11-4-3-5-13(22)6-11/h3-9H,2,10H2,1H3,(H2,23,24,25,26,27). The SMILES string of the molecule is CCOc1cc(C=C2C(=O)NC(=O)NC2=O)cc(Br)c1OCc1cccc(Cl)c1. The van der Waals surface area contributed by atoms with Crippen LogP contribution in [0.3, 0.4) is 0 Å². The third kappa shape index (κ3) is 5.16.